The van der Waals surface area contributed by atoms with Gasteiger partial charge in [0.1, 0.15) is 41.5 Å². The van der Waals surface area contributed by atoms with Gasteiger partial charge in [-0.25, -0.2) is 0 Å². The van der Waals surface area contributed by atoms with Crippen molar-refractivity contribution >= 4 is 29.8 Å². The van der Waals surface area contributed by atoms with Gasteiger partial charge in [0.05, 0.1) is 30.9 Å². The summed E-state index contributed by atoms with van der Waals surface area (Å²) >= 11 is 0. The van der Waals surface area contributed by atoms with Crippen LogP contribution in [-0.4, -0.2) is 118 Å². The topological polar surface area (TPSA) is 166 Å². The highest BCUT2D eigenvalue weighted by Crippen LogP contribution is 2.61. The number of fused-ring (bicyclic) bond motifs is 6. The SMILES string of the molecule is CCCCCC1(CCCCC)O[C@@H]2[C@H](O1)[C@H]1ON(Cc3cccc(C=C4CCC5O[C@]5(C)CC[C@@H]5[C@@H]4CC5(C)C)c3)[C@@H]3C(=O)O[C@@H]2C[C@]13C(=O)N1CCC[C@@H]1C(=O)N[C@H](CO)CCC(=O)OC(C)(C)C. The molecule has 0 spiro atoms. The maximum atomic E-state index is 15.8. The molecular formula is C56H83N3O11. The maximum absolute atomic E-state index is 15.8. The molecular weight excluding hydrogens is 891 g/mol. The number of carbonyl (C=O) groups is 4. The van der Waals surface area contributed by atoms with E-state index in [4.69, 9.17) is 28.5 Å². The number of hydroxylamine groups is 2. The van der Waals surface area contributed by atoms with Crippen molar-refractivity contribution in [2.75, 3.05) is 13.2 Å². The molecule has 12 atom stereocenters. The van der Waals surface area contributed by atoms with E-state index >= 15 is 4.79 Å². The third-order valence-corrected chi connectivity index (χ3v) is 17.5. The van der Waals surface area contributed by atoms with Crippen LogP contribution in [0.2, 0.25) is 0 Å². The van der Waals surface area contributed by atoms with Gasteiger partial charge in [-0.15, -0.1) is 0 Å². The second kappa shape index (κ2) is 20.1. The lowest BCUT2D eigenvalue weighted by Gasteiger charge is -2.53. The number of likely N-dealkylation sites (tertiary alicyclic amines) is 1. The minimum absolute atomic E-state index is 0.00828. The van der Waals surface area contributed by atoms with Gasteiger partial charge in [0.15, 0.2) is 11.8 Å². The number of amides is 2. The number of hydrogen-bond donors (Lipinski definition) is 2. The molecule has 5 aliphatic heterocycles. The molecule has 14 nitrogen and oxygen atoms in total. The normalized spacial score (nSPS) is 35.8. The van der Waals surface area contributed by atoms with E-state index < -0.39 is 77.2 Å². The molecule has 1 unspecified atom stereocenters. The maximum Gasteiger partial charge on any atom is 0.327 e. The molecule has 2 bridgehead atoms. The lowest BCUT2D eigenvalue weighted by atomic mass is 9.52. The van der Waals surface area contributed by atoms with Crippen LogP contribution in [0, 0.1) is 22.7 Å². The summed E-state index contributed by atoms with van der Waals surface area (Å²) in [6.07, 6.45) is 13.9. The van der Waals surface area contributed by atoms with Crippen LogP contribution in [0.15, 0.2) is 29.8 Å². The van der Waals surface area contributed by atoms with Crippen LogP contribution < -0.4 is 5.32 Å². The summed E-state index contributed by atoms with van der Waals surface area (Å²) in [7, 11) is 0. The highest BCUT2D eigenvalue weighted by atomic mass is 16.8. The zero-order valence-electron chi connectivity index (χ0n) is 43.4. The summed E-state index contributed by atoms with van der Waals surface area (Å²) in [6, 6.07) is 5.76. The number of allylic oxidation sites excluding steroid dienone is 1. The van der Waals surface area contributed by atoms with Crippen molar-refractivity contribution in [1.29, 1.82) is 0 Å². The average molecular weight is 974 g/mol. The van der Waals surface area contributed by atoms with Crippen molar-refractivity contribution in [3.63, 3.8) is 0 Å². The van der Waals surface area contributed by atoms with Crippen LogP contribution >= 0.6 is 0 Å². The van der Waals surface area contributed by atoms with Crippen LogP contribution in [0.25, 0.3) is 6.08 Å². The van der Waals surface area contributed by atoms with Gasteiger partial charge in [0.25, 0.3) is 0 Å². The molecule has 0 radical (unpaired) electrons. The van der Waals surface area contributed by atoms with E-state index in [1.54, 1.807) is 30.7 Å². The Hall–Kier alpha value is -3.40. The van der Waals surface area contributed by atoms with Crippen molar-refractivity contribution in [1.82, 2.24) is 15.3 Å². The van der Waals surface area contributed by atoms with Crippen molar-refractivity contribution in [3.05, 3.63) is 41.0 Å². The van der Waals surface area contributed by atoms with Crippen LogP contribution in [0.5, 0.6) is 0 Å². The number of unbranched alkanes of at least 4 members (excludes halogenated alkanes) is 4. The molecule has 70 heavy (non-hydrogen) atoms. The van der Waals surface area contributed by atoms with Crippen molar-refractivity contribution in [3.8, 4) is 0 Å². The minimum Gasteiger partial charge on any atom is -0.460 e. The predicted octanol–water partition coefficient (Wildman–Crippen LogP) is 8.49. The Labute approximate surface area is 416 Å². The fraction of sp³-hybridized carbons (Fsp3) is 0.786. The molecule has 1 aromatic rings. The lowest BCUT2D eigenvalue weighted by Crippen LogP contribution is -2.70. The Morgan fingerprint density at radius 3 is 2.41 bits per heavy atom. The highest BCUT2D eigenvalue weighted by molar-refractivity contribution is 5.96. The van der Waals surface area contributed by atoms with E-state index in [1.807, 2.05) is 6.07 Å². The first-order valence-electron chi connectivity index (χ1n) is 27.2. The number of epoxide rings is 1. The molecule has 14 heteroatoms. The molecule has 2 N–H and O–H groups in total. The first-order chi connectivity index (χ1) is 33.3. The number of hydrogen-bond acceptors (Lipinski definition) is 12. The van der Waals surface area contributed by atoms with Crippen molar-refractivity contribution in [2.45, 2.75) is 243 Å². The zero-order chi connectivity index (χ0) is 49.8. The largest absolute Gasteiger partial charge is 0.460 e. The average Bonchev–Trinajstić information content (AvgIpc) is 3.68. The van der Waals surface area contributed by atoms with E-state index in [-0.39, 0.29) is 43.9 Å². The zero-order valence-corrected chi connectivity index (χ0v) is 43.4. The molecule has 2 amide bonds. The molecule has 8 aliphatic rings. The fourth-order valence-electron chi connectivity index (χ4n) is 13.8. The first-order valence-corrected chi connectivity index (χ1v) is 27.2. The number of esters is 2. The standard InChI is InChI=1S/C56H83N3O11/c1-9-11-13-25-55(26-14-12-10-2)68-45-42-32-56(51(64)58-28-16-19-41(58)49(62)57-38(34-60)21-23-44(61)67-52(3,4)5)47(50(63)65-42)59(70-48(56)46(45)69-55)33-36-18-15-17-35(29-36)30-37-20-22-43-54(8,66-43)27-24-40-39(37)31-53(40,6)7/h15,17-18,29-30,38-43,45-48,60H,9-14,16,19-28,31-34H2,1-8H3,(H,57,62)/t38-,39+,40+,41+,42+,43?,45-,46-,47+,48+,54+,56+/m0/s1. The van der Waals surface area contributed by atoms with E-state index in [0.717, 1.165) is 68.9 Å². The summed E-state index contributed by atoms with van der Waals surface area (Å²) < 4.78 is 32.3. The van der Waals surface area contributed by atoms with Gasteiger partial charge in [0.2, 0.25) is 11.8 Å². The Morgan fingerprint density at radius 1 is 0.971 bits per heavy atom. The van der Waals surface area contributed by atoms with Crippen LogP contribution in [0.3, 0.4) is 0 Å². The summed E-state index contributed by atoms with van der Waals surface area (Å²) in [5.74, 6) is -1.46. The second-order valence-corrected chi connectivity index (χ2v) is 24.2. The molecule has 5 heterocycles. The quantitative estimate of drug-likeness (QED) is 0.0820. The minimum atomic E-state index is -1.44. The molecule has 1 aromatic carbocycles. The summed E-state index contributed by atoms with van der Waals surface area (Å²) in [5, 5.41) is 14.9. The van der Waals surface area contributed by atoms with E-state index in [9.17, 15) is 19.5 Å². The van der Waals surface area contributed by atoms with Gasteiger partial charge in [-0.3, -0.25) is 24.0 Å². The van der Waals surface area contributed by atoms with Gasteiger partial charge < -0.3 is 39.0 Å². The van der Waals surface area contributed by atoms with Crippen molar-refractivity contribution < 1.29 is 52.8 Å². The Morgan fingerprint density at radius 2 is 1.71 bits per heavy atom. The number of ether oxygens (including phenoxy) is 5. The van der Waals surface area contributed by atoms with Gasteiger partial charge in [-0.05, 0) is 120 Å². The number of carbonyl (C=O) groups excluding carboxylic acids is 4. The Kier molecular flexibility index (Phi) is 14.8. The monoisotopic (exact) mass is 974 g/mol. The third kappa shape index (κ3) is 10.1. The molecule has 388 valence electrons. The summed E-state index contributed by atoms with van der Waals surface area (Å²) in [5.41, 5.74) is 1.72. The summed E-state index contributed by atoms with van der Waals surface area (Å²) in [6.45, 7) is 17.0. The Bertz CT molecular complexity index is 2130. The molecule has 8 fully saturated rings. The summed E-state index contributed by atoms with van der Waals surface area (Å²) in [4.78, 5) is 66.1. The van der Waals surface area contributed by atoms with Gasteiger partial charge in [-0.1, -0.05) is 89.3 Å². The number of aliphatic hydroxyl groups is 1. The number of nitrogens with zero attached hydrogens (tertiary/aromatic N) is 2. The molecule has 3 aliphatic carbocycles. The number of aliphatic hydroxyl groups excluding tert-OH is 1. The molecule has 0 aromatic heterocycles. The fourth-order valence-corrected chi connectivity index (χ4v) is 13.8. The number of rotatable bonds is 18. The second-order valence-electron chi connectivity index (χ2n) is 24.2. The van der Waals surface area contributed by atoms with Gasteiger partial charge in [0, 0.05) is 32.2 Å². The van der Waals surface area contributed by atoms with E-state index in [2.05, 4.69) is 64.2 Å². The van der Waals surface area contributed by atoms with Gasteiger partial charge >= 0.3 is 11.9 Å². The Balaban J connectivity index is 1.01. The van der Waals surface area contributed by atoms with Gasteiger partial charge in [-0.2, -0.15) is 5.06 Å². The smallest absolute Gasteiger partial charge is 0.327 e. The van der Waals surface area contributed by atoms with Crippen molar-refractivity contribution in [2.24, 2.45) is 22.7 Å². The number of nitrogens with one attached hydrogen (secondary N) is 1. The van der Waals surface area contributed by atoms with Crippen LogP contribution in [-0.2, 0) is 54.2 Å². The third-order valence-electron chi connectivity index (χ3n) is 17.5. The van der Waals surface area contributed by atoms with E-state index in [1.165, 1.54) is 18.4 Å². The first kappa shape index (κ1) is 51.5. The predicted molar refractivity (Wildman–Crippen MR) is 262 cm³/mol. The molecule has 9 rings (SSSR count). The van der Waals surface area contributed by atoms with Crippen LogP contribution in [0.4, 0.5) is 0 Å². The van der Waals surface area contributed by atoms with Crippen LogP contribution in [0.1, 0.15) is 182 Å². The highest BCUT2D eigenvalue weighted by Gasteiger charge is 2.77. The number of benzene rings is 1. The molecule has 3 saturated carbocycles. The van der Waals surface area contributed by atoms with E-state index in [0.29, 0.717) is 55.6 Å². The molecule has 5 saturated heterocycles. The lowest BCUT2D eigenvalue weighted by molar-refractivity contribution is -0.225.